The number of hydrazine groups is 1. The van der Waals surface area contributed by atoms with Crippen molar-refractivity contribution in [2.45, 2.75) is 13.0 Å². The SMILES string of the molecule is Cc1ccc(C(NN)c2cccc(F)c2F)c(F)c1. The van der Waals surface area contributed by atoms with Crippen molar-refractivity contribution in [1.82, 2.24) is 5.43 Å². The molecule has 2 aromatic rings. The molecule has 2 aromatic carbocycles. The van der Waals surface area contributed by atoms with Gasteiger partial charge in [-0.15, -0.1) is 0 Å². The van der Waals surface area contributed by atoms with Gasteiger partial charge in [0, 0.05) is 11.1 Å². The number of aryl methyl sites for hydroxylation is 1. The Morgan fingerprint density at radius 3 is 2.37 bits per heavy atom. The summed E-state index contributed by atoms with van der Waals surface area (Å²) in [5.74, 6) is 2.80. The van der Waals surface area contributed by atoms with Gasteiger partial charge in [-0.3, -0.25) is 5.84 Å². The van der Waals surface area contributed by atoms with E-state index < -0.39 is 23.5 Å². The maximum atomic E-state index is 13.9. The number of nitrogens with two attached hydrogens (primary N) is 1. The van der Waals surface area contributed by atoms with Crippen LogP contribution in [-0.4, -0.2) is 0 Å². The van der Waals surface area contributed by atoms with E-state index in [-0.39, 0.29) is 11.1 Å². The van der Waals surface area contributed by atoms with Gasteiger partial charge in [-0.25, -0.2) is 18.6 Å². The van der Waals surface area contributed by atoms with Crippen molar-refractivity contribution in [1.29, 1.82) is 0 Å². The van der Waals surface area contributed by atoms with Crippen molar-refractivity contribution in [3.05, 3.63) is 70.5 Å². The largest absolute Gasteiger partial charge is 0.271 e. The smallest absolute Gasteiger partial charge is 0.163 e. The number of rotatable bonds is 3. The van der Waals surface area contributed by atoms with Gasteiger partial charge in [-0.05, 0) is 24.6 Å². The second kappa shape index (κ2) is 5.42. The zero-order valence-corrected chi connectivity index (χ0v) is 10.3. The van der Waals surface area contributed by atoms with E-state index in [0.717, 1.165) is 11.6 Å². The minimum Gasteiger partial charge on any atom is -0.271 e. The summed E-state index contributed by atoms with van der Waals surface area (Å²) < 4.78 is 40.9. The molecule has 19 heavy (non-hydrogen) atoms. The molecule has 0 saturated carbocycles. The fourth-order valence-electron chi connectivity index (χ4n) is 1.96. The molecule has 0 bridgehead atoms. The Morgan fingerprint density at radius 2 is 1.74 bits per heavy atom. The quantitative estimate of drug-likeness (QED) is 0.662. The van der Waals surface area contributed by atoms with Crippen LogP contribution in [0, 0.1) is 24.4 Å². The normalized spacial score (nSPS) is 12.5. The van der Waals surface area contributed by atoms with Crippen LogP contribution in [0.4, 0.5) is 13.2 Å². The molecule has 0 heterocycles. The molecule has 0 fully saturated rings. The average Bonchev–Trinajstić information content (AvgIpc) is 2.37. The zero-order chi connectivity index (χ0) is 14.0. The summed E-state index contributed by atoms with van der Waals surface area (Å²) >= 11 is 0. The minimum atomic E-state index is -1.04. The van der Waals surface area contributed by atoms with E-state index >= 15 is 0 Å². The molecular weight excluding hydrogens is 253 g/mol. The molecule has 0 aliphatic rings. The third kappa shape index (κ3) is 2.62. The highest BCUT2D eigenvalue weighted by molar-refractivity contribution is 5.35. The van der Waals surface area contributed by atoms with E-state index in [9.17, 15) is 13.2 Å². The highest BCUT2D eigenvalue weighted by atomic mass is 19.2. The van der Waals surface area contributed by atoms with Crippen molar-refractivity contribution in [3.8, 4) is 0 Å². The van der Waals surface area contributed by atoms with Crippen LogP contribution >= 0.6 is 0 Å². The first kappa shape index (κ1) is 13.6. The van der Waals surface area contributed by atoms with Crippen LogP contribution in [0.3, 0.4) is 0 Å². The fourth-order valence-corrected chi connectivity index (χ4v) is 1.96. The number of benzene rings is 2. The van der Waals surface area contributed by atoms with Gasteiger partial charge in [0.25, 0.3) is 0 Å². The molecule has 1 atom stereocenters. The van der Waals surface area contributed by atoms with E-state index in [4.69, 9.17) is 5.84 Å². The molecule has 0 saturated heterocycles. The molecule has 0 amide bonds. The zero-order valence-electron chi connectivity index (χ0n) is 10.3. The van der Waals surface area contributed by atoms with Crippen LogP contribution in [0.2, 0.25) is 0 Å². The standard InChI is InChI=1S/C14H13F3N2/c1-8-5-6-9(12(16)7-8)14(19-18)10-3-2-4-11(15)13(10)17/h2-7,14,19H,18H2,1H3. The van der Waals surface area contributed by atoms with Gasteiger partial charge < -0.3 is 0 Å². The Bertz CT molecular complexity index is 599. The molecular formula is C14H13F3N2. The van der Waals surface area contributed by atoms with Gasteiger partial charge in [-0.2, -0.15) is 0 Å². The van der Waals surface area contributed by atoms with Gasteiger partial charge in [0.1, 0.15) is 5.82 Å². The van der Waals surface area contributed by atoms with Gasteiger partial charge in [0.2, 0.25) is 0 Å². The summed E-state index contributed by atoms with van der Waals surface area (Å²) in [7, 11) is 0. The number of hydrogen-bond acceptors (Lipinski definition) is 2. The van der Waals surface area contributed by atoms with Crippen LogP contribution in [-0.2, 0) is 0 Å². The first-order chi connectivity index (χ1) is 9.04. The predicted molar refractivity (Wildman–Crippen MR) is 66.7 cm³/mol. The highest BCUT2D eigenvalue weighted by Gasteiger charge is 2.21. The number of hydrogen-bond donors (Lipinski definition) is 2. The summed E-state index contributed by atoms with van der Waals surface area (Å²) in [6, 6.07) is 7.26. The Kier molecular flexibility index (Phi) is 3.87. The van der Waals surface area contributed by atoms with Gasteiger partial charge in [0.05, 0.1) is 6.04 Å². The lowest BCUT2D eigenvalue weighted by Gasteiger charge is -2.18. The van der Waals surface area contributed by atoms with E-state index in [1.165, 1.54) is 24.3 Å². The molecule has 0 aromatic heterocycles. The Hall–Kier alpha value is -1.85. The summed E-state index contributed by atoms with van der Waals surface area (Å²) in [5, 5.41) is 0. The Labute approximate surface area is 109 Å². The van der Waals surface area contributed by atoms with Crippen molar-refractivity contribution in [2.24, 2.45) is 5.84 Å². The van der Waals surface area contributed by atoms with Crippen molar-refractivity contribution < 1.29 is 13.2 Å². The lowest BCUT2D eigenvalue weighted by molar-refractivity contribution is 0.477. The lowest BCUT2D eigenvalue weighted by Crippen LogP contribution is -2.30. The van der Waals surface area contributed by atoms with Crippen LogP contribution in [0.5, 0.6) is 0 Å². The van der Waals surface area contributed by atoms with Crippen LogP contribution < -0.4 is 11.3 Å². The third-order valence-corrected chi connectivity index (χ3v) is 2.93. The first-order valence-corrected chi connectivity index (χ1v) is 5.70. The number of nitrogens with one attached hydrogen (secondary N) is 1. The Balaban J connectivity index is 2.53. The predicted octanol–water partition coefficient (Wildman–Crippen LogP) is 2.97. The molecule has 2 rings (SSSR count). The maximum Gasteiger partial charge on any atom is 0.163 e. The van der Waals surface area contributed by atoms with Crippen LogP contribution in [0.15, 0.2) is 36.4 Å². The number of halogens is 3. The first-order valence-electron chi connectivity index (χ1n) is 5.70. The van der Waals surface area contributed by atoms with Crippen molar-refractivity contribution >= 4 is 0 Å². The molecule has 3 N–H and O–H groups in total. The molecule has 2 nitrogen and oxygen atoms in total. The van der Waals surface area contributed by atoms with Crippen molar-refractivity contribution in [2.75, 3.05) is 0 Å². The summed E-state index contributed by atoms with van der Waals surface area (Å²) in [4.78, 5) is 0. The van der Waals surface area contributed by atoms with Crippen LogP contribution in [0.1, 0.15) is 22.7 Å². The fraction of sp³-hybridized carbons (Fsp3) is 0.143. The topological polar surface area (TPSA) is 38.0 Å². The average molecular weight is 266 g/mol. The van der Waals surface area contributed by atoms with Crippen LogP contribution in [0.25, 0.3) is 0 Å². The minimum absolute atomic E-state index is 0.0368. The second-order valence-corrected chi connectivity index (χ2v) is 4.27. The molecule has 5 heteroatoms. The molecule has 0 aliphatic carbocycles. The molecule has 0 radical (unpaired) electrons. The van der Waals surface area contributed by atoms with Gasteiger partial charge in [-0.1, -0.05) is 24.3 Å². The van der Waals surface area contributed by atoms with E-state index in [1.54, 1.807) is 13.0 Å². The second-order valence-electron chi connectivity index (χ2n) is 4.27. The van der Waals surface area contributed by atoms with Gasteiger partial charge in [0.15, 0.2) is 11.6 Å². The molecule has 100 valence electrons. The summed E-state index contributed by atoms with van der Waals surface area (Å²) in [6.45, 7) is 1.74. The summed E-state index contributed by atoms with van der Waals surface area (Å²) in [5.41, 5.74) is 3.18. The lowest BCUT2D eigenvalue weighted by atomic mass is 9.97. The Morgan fingerprint density at radius 1 is 1.00 bits per heavy atom. The van der Waals surface area contributed by atoms with Crippen molar-refractivity contribution in [3.63, 3.8) is 0 Å². The molecule has 0 aliphatic heterocycles. The molecule has 0 spiro atoms. The monoisotopic (exact) mass is 266 g/mol. The summed E-state index contributed by atoms with van der Waals surface area (Å²) in [6.07, 6.45) is 0. The van der Waals surface area contributed by atoms with E-state index in [2.05, 4.69) is 5.43 Å². The van der Waals surface area contributed by atoms with E-state index in [0.29, 0.717) is 0 Å². The third-order valence-electron chi connectivity index (χ3n) is 2.93. The van der Waals surface area contributed by atoms with E-state index in [1.807, 2.05) is 0 Å². The highest BCUT2D eigenvalue weighted by Crippen LogP contribution is 2.27. The molecule has 1 unspecified atom stereocenters. The van der Waals surface area contributed by atoms with Gasteiger partial charge >= 0.3 is 0 Å². The maximum absolute atomic E-state index is 13.9.